The average Bonchev–Trinajstić information content (AvgIpc) is 3.63. The second-order valence-electron chi connectivity index (χ2n) is 14.8. The summed E-state index contributed by atoms with van der Waals surface area (Å²) in [5, 5.41) is 38.4. The summed E-state index contributed by atoms with van der Waals surface area (Å²) in [6.07, 6.45) is 0.131. The van der Waals surface area contributed by atoms with Gasteiger partial charge in [0.25, 0.3) is 0 Å². The molecule has 3 aromatic rings. The number of methoxy groups -OCH3 is 2. The predicted octanol–water partition coefficient (Wildman–Crippen LogP) is 3.89. The molecule has 14 heteroatoms. The molecule has 4 N–H and O–H groups in total. The van der Waals surface area contributed by atoms with Crippen molar-refractivity contribution in [2.45, 2.75) is 74.8 Å². The number of phenols is 2. The first-order valence-corrected chi connectivity index (χ1v) is 19.2. The summed E-state index contributed by atoms with van der Waals surface area (Å²) in [5.41, 5.74) is 5.30. The topological polar surface area (TPSA) is 152 Å². The van der Waals surface area contributed by atoms with Crippen molar-refractivity contribution in [3.8, 4) is 40.2 Å². The van der Waals surface area contributed by atoms with Gasteiger partial charge in [0.15, 0.2) is 40.0 Å². The molecule has 0 aliphatic carbocycles. The average molecular weight is 748 g/mol. The standard InChI is InChI=1S/C39H45N3O10S/c1-7-49-33-18(3)34-35(52-16-51-34)27-23-14-50-38(46)39(21-13-25(47-5)24(43)12-19(21)8-9-40-39)15-53-36(28(27)33)30-29-26-20(10-17(2)32(48-6)31(26)44)11-22(41(29)4)37(45)42(23)30/h10,12-13,22-23,29-30,36-37,40,43-45H,7-9,11,14-16H2,1-6H3/t22-,23-,29+,30?,36+,37-,39+/m0/s1. The van der Waals surface area contributed by atoms with E-state index in [4.69, 9.17) is 28.4 Å². The normalized spacial score (nSPS) is 29.8. The number of aliphatic hydroxyl groups is 1. The van der Waals surface area contributed by atoms with Crippen LogP contribution in [0.5, 0.6) is 40.2 Å². The number of likely N-dealkylation sites (N-methyl/N-ethyl adjacent to an activating group) is 1. The maximum atomic E-state index is 14.7. The fourth-order valence-electron chi connectivity index (χ4n) is 10.1. The number of aromatic hydroxyl groups is 2. The highest BCUT2D eigenvalue weighted by atomic mass is 32.2. The van der Waals surface area contributed by atoms with E-state index < -0.39 is 41.1 Å². The van der Waals surface area contributed by atoms with Crippen molar-refractivity contribution in [3.05, 3.63) is 62.7 Å². The number of phenolic OH excluding ortho intramolecular Hbond substituents is 2. The molecule has 0 radical (unpaired) electrons. The number of carbonyl (C=O) groups excluding carboxylic acids is 1. The maximum Gasteiger partial charge on any atom is 0.331 e. The lowest BCUT2D eigenvalue weighted by Gasteiger charge is -2.62. The summed E-state index contributed by atoms with van der Waals surface area (Å²) >= 11 is 1.58. The SMILES string of the molecule is CCOc1c(C)c2c(c3c1[C@H]1SC[C@]4(NCCc5cc(O)c(OC)cc54)C(=O)OC[C@@H]3N3C1[C@H]1c4c(cc(C)c(OC)c4O)C[C@@H]([C@@H]3O)N1C)OCO2. The Morgan fingerprint density at radius 1 is 1.02 bits per heavy atom. The molecule has 7 aliphatic heterocycles. The van der Waals surface area contributed by atoms with Crippen LogP contribution < -0.4 is 29.0 Å². The minimum Gasteiger partial charge on any atom is -0.504 e. The van der Waals surface area contributed by atoms with E-state index in [-0.39, 0.29) is 42.4 Å². The third kappa shape index (κ3) is 4.68. The van der Waals surface area contributed by atoms with Gasteiger partial charge in [-0.3, -0.25) is 15.1 Å². The molecule has 2 saturated heterocycles. The molecule has 3 aromatic carbocycles. The number of fused-ring (bicyclic) bond motifs is 9. The number of aryl methyl sites for hydroxylation is 1. The predicted molar refractivity (Wildman–Crippen MR) is 194 cm³/mol. The Bertz CT molecular complexity index is 2040. The Morgan fingerprint density at radius 3 is 2.57 bits per heavy atom. The number of carbonyl (C=O) groups is 1. The molecule has 1 unspecified atom stereocenters. The molecule has 13 nitrogen and oxygen atoms in total. The Hall–Kier alpha value is -4.08. The van der Waals surface area contributed by atoms with Crippen molar-refractivity contribution in [2.24, 2.45) is 0 Å². The van der Waals surface area contributed by atoms with Crippen LogP contribution in [-0.2, 0) is 27.9 Å². The van der Waals surface area contributed by atoms with Gasteiger partial charge in [-0.1, -0.05) is 6.07 Å². The number of hydrogen-bond donors (Lipinski definition) is 4. The zero-order chi connectivity index (χ0) is 37.1. The highest BCUT2D eigenvalue weighted by Gasteiger charge is 2.61. The van der Waals surface area contributed by atoms with E-state index in [0.29, 0.717) is 54.6 Å². The molecule has 1 spiro atoms. The first-order valence-electron chi connectivity index (χ1n) is 18.2. The van der Waals surface area contributed by atoms with Crippen molar-refractivity contribution in [3.63, 3.8) is 0 Å². The lowest BCUT2D eigenvalue weighted by Crippen LogP contribution is -2.70. The van der Waals surface area contributed by atoms with Crippen molar-refractivity contribution in [2.75, 3.05) is 53.6 Å². The number of ether oxygens (including phenoxy) is 6. The van der Waals surface area contributed by atoms with E-state index in [1.54, 1.807) is 31.0 Å². The van der Waals surface area contributed by atoms with Crippen LogP contribution in [0.4, 0.5) is 0 Å². The molecule has 0 saturated carbocycles. The molecule has 7 heterocycles. The van der Waals surface area contributed by atoms with Crippen LogP contribution in [0.15, 0.2) is 18.2 Å². The van der Waals surface area contributed by atoms with Crippen LogP contribution in [0.25, 0.3) is 0 Å². The second-order valence-corrected chi connectivity index (χ2v) is 15.9. The Balaban J connectivity index is 1.31. The summed E-state index contributed by atoms with van der Waals surface area (Å²) in [7, 11) is 5.06. The fraction of sp³-hybridized carbons (Fsp3) is 0.513. The molecule has 7 atom stereocenters. The summed E-state index contributed by atoms with van der Waals surface area (Å²) in [6, 6.07) is 3.65. The van der Waals surface area contributed by atoms with E-state index in [1.165, 1.54) is 7.11 Å². The van der Waals surface area contributed by atoms with Crippen LogP contribution in [0, 0.1) is 13.8 Å². The van der Waals surface area contributed by atoms with Gasteiger partial charge in [0.05, 0.1) is 44.2 Å². The molecule has 10 rings (SSSR count). The van der Waals surface area contributed by atoms with Gasteiger partial charge in [0, 0.05) is 40.6 Å². The van der Waals surface area contributed by atoms with Crippen LogP contribution in [0.3, 0.4) is 0 Å². The molecule has 0 amide bonds. The Kier molecular flexibility index (Phi) is 8.17. The first kappa shape index (κ1) is 34.7. The molecule has 53 heavy (non-hydrogen) atoms. The smallest absolute Gasteiger partial charge is 0.331 e. The fourth-order valence-corrected chi connectivity index (χ4v) is 11.7. The molecule has 0 aromatic heterocycles. The number of benzene rings is 3. The number of piperazine rings is 1. The summed E-state index contributed by atoms with van der Waals surface area (Å²) in [5.74, 6) is 2.41. The van der Waals surface area contributed by atoms with Gasteiger partial charge in [-0.25, -0.2) is 4.79 Å². The summed E-state index contributed by atoms with van der Waals surface area (Å²) in [4.78, 5) is 19.0. The third-order valence-electron chi connectivity index (χ3n) is 12.3. The van der Waals surface area contributed by atoms with Crippen molar-refractivity contribution < 1.29 is 48.5 Å². The minimum atomic E-state index is -1.28. The van der Waals surface area contributed by atoms with Crippen LogP contribution >= 0.6 is 11.8 Å². The number of rotatable bonds is 4. The first-order chi connectivity index (χ1) is 25.6. The molecule has 2 fully saturated rings. The van der Waals surface area contributed by atoms with Crippen LogP contribution in [0.2, 0.25) is 0 Å². The molecule has 282 valence electrons. The number of aliphatic hydroxyl groups excluding tert-OH is 1. The molecular formula is C39H45N3O10S. The third-order valence-corrected chi connectivity index (χ3v) is 13.8. The maximum absolute atomic E-state index is 14.7. The van der Waals surface area contributed by atoms with Crippen LogP contribution in [0.1, 0.15) is 68.8 Å². The molecule has 7 aliphatic rings. The van der Waals surface area contributed by atoms with Crippen LogP contribution in [-0.4, -0.2) is 103 Å². The van der Waals surface area contributed by atoms with E-state index in [0.717, 1.165) is 38.9 Å². The van der Waals surface area contributed by atoms with Crippen molar-refractivity contribution in [1.82, 2.24) is 15.1 Å². The number of thioether (sulfide) groups is 1. The van der Waals surface area contributed by atoms with E-state index in [9.17, 15) is 20.1 Å². The van der Waals surface area contributed by atoms with Crippen molar-refractivity contribution in [1.29, 1.82) is 0 Å². The molecule has 4 bridgehead atoms. The lowest BCUT2D eigenvalue weighted by molar-refractivity contribution is -0.186. The van der Waals surface area contributed by atoms with E-state index in [2.05, 4.69) is 21.2 Å². The van der Waals surface area contributed by atoms with Gasteiger partial charge in [0.1, 0.15) is 18.6 Å². The number of nitrogens with zero attached hydrogens (tertiary/aromatic N) is 2. The van der Waals surface area contributed by atoms with Gasteiger partial charge in [-0.05, 0) is 75.0 Å². The monoisotopic (exact) mass is 747 g/mol. The largest absolute Gasteiger partial charge is 0.504 e. The second kappa shape index (κ2) is 12.5. The highest BCUT2D eigenvalue weighted by molar-refractivity contribution is 7.99. The summed E-state index contributed by atoms with van der Waals surface area (Å²) < 4.78 is 36.6. The Morgan fingerprint density at radius 2 is 1.81 bits per heavy atom. The van der Waals surface area contributed by atoms with Gasteiger partial charge >= 0.3 is 5.97 Å². The minimum absolute atomic E-state index is 0.0101. The van der Waals surface area contributed by atoms with Gasteiger partial charge in [-0.2, -0.15) is 0 Å². The Labute approximate surface area is 312 Å². The zero-order valence-electron chi connectivity index (χ0n) is 30.6. The van der Waals surface area contributed by atoms with Gasteiger partial charge in [-0.15, -0.1) is 11.8 Å². The molecular weight excluding hydrogens is 703 g/mol. The van der Waals surface area contributed by atoms with Gasteiger partial charge in [0.2, 0.25) is 6.79 Å². The van der Waals surface area contributed by atoms with E-state index >= 15 is 0 Å². The van der Waals surface area contributed by atoms with Crippen molar-refractivity contribution >= 4 is 17.7 Å². The number of esters is 1. The highest BCUT2D eigenvalue weighted by Crippen LogP contribution is 2.64. The lowest BCUT2D eigenvalue weighted by atomic mass is 9.73. The van der Waals surface area contributed by atoms with Gasteiger partial charge < -0.3 is 43.7 Å². The zero-order valence-corrected chi connectivity index (χ0v) is 31.5. The quantitative estimate of drug-likeness (QED) is 0.286. The number of hydrogen-bond acceptors (Lipinski definition) is 14. The number of nitrogens with one attached hydrogen (secondary N) is 1. The summed E-state index contributed by atoms with van der Waals surface area (Å²) in [6.45, 7) is 6.65. The van der Waals surface area contributed by atoms with E-state index in [1.807, 2.05) is 27.8 Å².